The summed E-state index contributed by atoms with van der Waals surface area (Å²) in [5.41, 5.74) is 0. The van der Waals surface area contributed by atoms with E-state index in [2.05, 4.69) is 0 Å². The van der Waals surface area contributed by atoms with E-state index in [0.29, 0.717) is 0 Å². The zero-order valence-electron chi connectivity index (χ0n) is 2.25. The molecular formula is CrCuF3O. The summed E-state index contributed by atoms with van der Waals surface area (Å²) in [6.07, 6.45) is 0. The molecule has 0 saturated carbocycles. The quantitative estimate of drug-likeness (QED) is 0.521. The van der Waals surface area contributed by atoms with Crippen molar-refractivity contribution in [1.29, 1.82) is 0 Å². The van der Waals surface area contributed by atoms with Gasteiger partial charge in [-0.2, -0.15) is 0 Å². The molecule has 0 amide bonds. The Labute approximate surface area is 46.3 Å². The molecule has 1 radical (unpaired) electrons. The molecule has 0 aromatic rings. The average molecular weight is 189 g/mol. The Morgan fingerprint density at radius 2 is 1.17 bits per heavy atom. The molecule has 44 valence electrons. The fraction of sp³-hybridized carbons (Fsp3) is 0. The molecule has 0 saturated heterocycles. The van der Waals surface area contributed by atoms with Gasteiger partial charge in [0.25, 0.3) is 0 Å². The molecule has 0 fully saturated rings. The monoisotopic (exact) mass is 188 g/mol. The third-order valence-electron chi connectivity index (χ3n) is 0. The van der Waals surface area contributed by atoms with Crippen molar-refractivity contribution in [2.45, 2.75) is 0 Å². The van der Waals surface area contributed by atoms with Gasteiger partial charge >= 0.3 is 28.8 Å². The van der Waals surface area contributed by atoms with Crippen LogP contribution in [0.25, 0.3) is 0 Å². The van der Waals surface area contributed by atoms with E-state index in [-0.39, 0.29) is 17.1 Å². The number of hydrogen-bond acceptors (Lipinski definition) is 1. The van der Waals surface area contributed by atoms with Gasteiger partial charge in [0.05, 0.1) is 0 Å². The van der Waals surface area contributed by atoms with Crippen LogP contribution in [0.5, 0.6) is 0 Å². The molecule has 0 unspecified atom stereocenters. The normalized spacial score (nSPS) is 9.83. The summed E-state index contributed by atoms with van der Waals surface area (Å²) in [7, 11) is 0. The van der Waals surface area contributed by atoms with Crippen LogP contribution in [0.4, 0.5) is 10.6 Å². The van der Waals surface area contributed by atoms with Crippen LogP contribution < -0.4 is 0 Å². The number of hydrogen-bond donors (Lipinski definition) is 0. The Morgan fingerprint density at radius 3 is 1.17 bits per heavy atom. The van der Waals surface area contributed by atoms with Crippen LogP contribution in [-0.4, -0.2) is 0 Å². The minimum absolute atomic E-state index is 0. The predicted octanol–water partition coefficient (Wildman–Crippen LogP) is 1.14. The Hall–Kier alpha value is 0.642. The molecule has 0 aliphatic carbocycles. The van der Waals surface area contributed by atoms with Gasteiger partial charge in [-0.05, 0) is 0 Å². The first-order valence-corrected chi connectivity index (χ1v) is 2.60. The van der Waals surface area contributed by atoms with Crippen molar-refractivity contribution in [3.63, 3.8) is 0 Å². The van der Waals surface area contributed by atoms with E-state index >= 15 is 0 Å². The Balaban J connectivity index is 0. The van der Waals surface area contributed by atoms with E-state index in [4.69, 9.17) is 3.80 Å². The maximum absolute atomic E-state index is 9.95. The van der Waals surface area contributed by atoms with Gasteiger partial charge in [0.15, 0.2) is 0 Å². The van der Waals surface area contributed by atoms with Crippen molar-refractivity contribution >= 4 is 0 Å². The van der Waals surface area contributed by atoms with Gasteiger partial charge in [0.1, 0.15) is 0 Å². The van der Waals surface area contributed by atoms with E-state index in [1.807, 2.05) is 0 Å². The zero-order valence-corrected chi connectivity index (χ0v) is 4.47. The van der Waals surface area contributed by atoms with Crippen molar-refractivity contribution in [2.75, 3.05) is 0 Å². The molecule has 0 aliphatic heterocycles. The number of rotatable bonds is 0. The van der Waals surface area contributed by atoms with E-state index in [1.54, 1.807) is 0 Å². The summed E-state index contributed by atoms with van der Waals surface area (Å²) in [4.78, 5) is 0. The molecule has 0 atom stereocenters. The van der Waals surface area contributed by atoms with Crippen molar-refractivity contribution in [3.8, 4) is 0 Å². The summed E-state index contributed by atoms with van der Waals surface area (Å²) >= 11 is -6.50. The van der Waals surface area contributed by atoms with Crippen molar-refractivity contribution in [2.24, 2.45) is 0 Å². The van der Waals surface area contributed by atoms with E-state index in [0.717, 1.165) is 0 Å². The first kappa shape index (κ1) is 9.81. The molecule has 0 spiro atoms. The fourth-order valence-electron chi connectivity index (χ4n) is 0. The van der Waals surface area contributed by atoms with Crippen LogP contribution in [-0.2, 0) is 35.3 Å². The van der Waals surface area contributed by atoms with Gasteiger partial charge in [-0.25, -0.2) is 0 Å². The van der Waals surface area contributed by atoms with Crippen LogP contribution in [0.3, 0.4) is 0 Å². The summed E-state index contributed by atoms with van der Waals surface area (Å²) in [6, 6.07) is 0. The van der Waals surface area contributed by atoms with Crippen LogP contribution in [0.15, 0.2) is 0 Å². The van der Waals surface area contributed by atoms with Gasteiger partial charge in [-0.3, -0.25) is 0 Å². The first-order chi connectivity index (χ1) is 2.00. The molecule has 0 heterocycles. The zero-order chi connectivity index (χ0) is 4.50. The molecule has 0 aromatic heterocycles. The van der Waals surface area contributed by atoms with Crippen LogP contribution in [0.2, 0.25) is 0 Å². The van der Waals surface area contributed by atoms with Gasteiger partial charge in [-0.15, -0.1) is 0 Å². The van der Waals surface area contributed by atoms with Gasteiger partial charge in [0.2, 0.25) is 0 Å². The molecule has 1 nitrogen and oxygen atoms in total. The molecule has 0 bridgehead atoms. The average Bonchev–Trinajstić information content (AvgIpc) is 0.722. The SMILES string of the molecule is [Cu].[O]=[Cr]([F])([F])[F]. The predicted molar refractivity (Wildman–Crippen MR) is 4.01 cm³/mol. The topological polar surface area (TPSA) is 17.1 Å². The Kier molecular flexibility index (Phi) is 4.51. The van der Waals surface area contributed by atoms with Crippen LogP contribution >= 0.6 is 0 Å². The second-order valence-corrected chi connectivity index (χ2v) is 1.50. The minimum atomic E-state index is -6.50. The summed E-state index contributed by atoms with van der Waals surface area (Å²) in [5, 5.41) is 0. The number of halogens is 3. The van der Waals surface area contributed by atoms with E-state index in [9.17, 15) is 10.6 Å². The molecule has 0 aromatic carbocycles. The summed E-state index contributed by atoms with van der Waals surface area (Å²) in [6.45, 7) is 0. The molecule has 0 aliphatic rings. The summed E-state index contributed by atoms with van der Waals surface area (Å²) < 4.78 is 38.1. The maximum atomic E-state index is 9.95. The second kappa shape index (κ2) is 2.76. The molecule has 0 rings (SSSR count). The molecular weight excluding hydrogens is 189 g/mol. The van der Waals surface area contributed by atoms with Crippen LogP contribution in [0.1, 0.15) is 0 Å². The van der Waals surface area contributed by atoms with Gasteiger partial charge in [0, 0.05) is 17.1 Å². The standard InChI is InChI=1S/Cr.Cu.3FH.O/h;;3*1H;/q+3;;;;;/p-3. The third kappa shape index (κ3) is 149. The third-order valence-corrected chi connectivity index (χ3v) is 0. The molecule has 6 heteroatoms. The van der Waals surface area contributed by atoms with Crippen molar-refractivity contribution < 1.29 is 45.8 Å². The Morgan fingerprint density at radius 1 is 1.17 bits per heavy atom. The molecule has 0 N–H and O–H groups in total. The summed E-state index contributed by atoms with van der Waals surface area (Å²) in [5.74, 6) is 0. The van der Waals surface area contributed by atoms with Crippen molar-refractivity contribution in [3.05, 3.63) is 0 Å². The fourth-order valence-corrected chi connectivity index (χ4v) is 0. The van der Waals surface area contributed by atoms with E-state index < -0.39 is 14.4 Å². The van der Waals surface area contributed by atoms with E-state index in [1.165, 1.54) is 0 Å². The molecule has 6 heavy (non-hydrogen) atoms. The van der Waals surface area contributed by atoms with Crippen LogP contribution in [0, 0.1) is 0 Å². The second-order valence-electron chi connectivity index (χ2n) is 0.364. The van der Waals surface area contributed by atoms with Gasteiger partial charge in [-0.1, -0.05) is 0 Å². The van der Waals surface area contributed by atoms with Crippen molar-refractivity contribution in [1.82, 2.24) is 0 Å². The first-order valence-electron chi connectivity index (χ1n) is 0.630. The van der Waals surface area contributed by atoms with Gasteiger partial charge < -0.3 is 0 Å². The Bertz CT molecular complexity index is 56.9.